The molecular weight excluding hydrogens is 570 g/mol. The minimum atomic E-state index is -1.31. The molecule has 0 bridgehead atoms. The number of methoxy groups -OCH3 is 2. The van der Waals surface area contributed by atoms with Gasteiger partial charge in [-0.3, -0.25) is 4.79 Å². The smallest absolute Gasteiger partial charge is 0.530 e. The number of aromatic nitrogens is 2. The van der Waals surface area contributed by atoms with Crippen LogP contribution in [0.25, 0.3) is 43.6 Å². The second-order valence-corrected chi connectivity index (χ2v) is 10.3. The van der Waals surface area contributed by atoms with Crippen molar-refractivity contribution >= 4 is 55.6 Å². The summed E-state index contributed by atoms with van der Waals surface area (Å²) in [6.07, 6.45) is -2.01. The van der Waals surface area contributed by atoms with Gasteiger partial charge >= 0.3 is 58.2 Å². The number of ether oxygens (including phenoxy) is 2. The summed E-state index contributed by atoms with van der Waals surface area (Å²) < 4.78 is 16.7. The van der Waals surface area contributed by atoms with Crippen LogP contribution in [0.1, 0.15) is 22.8 Å². The van der Waals surface area contributed by atoms with Gasteiger partial charge in [0, 0.05) is 61.4 Å². The monoisotopic (exact) mass is 596 g/mol. The van der Waals surface area contributed by atoms with E-state index in [2.05, 4.69) is 20.5 Å². The maximum Gasteiger partial charge on any atom is 1.00 e. The van der Waals surface area contributed by atoms with Gasteiger partial charge in [0.2, 0.25) is 0 Å². The summed E-state index contributed by atoms with van der Waals surface area (Å²) >= 11 is 0. The van der Waals surface area contributed by atoms with Crippen LogP contribution in [0.3, 0.4) is 0 Å². The Morgan fingerprint density at radius 3 is 2.33 bits per heavy atom. The average molecular weight is 597 g/mol. The molecule has 0 saturated carbocycles. The van der Waals surface area contributed by atoms with Gasteiger partial charge in [-0.2, -0.15) is 0 Å². The summed E-state index contributed by atoms with van der Waals surface area (Å²) in [5, 5.41) is 19.1. The van der Waals surface area contributed by atoms with Gasteiger partial charge in [-0.05, 0) is 24.6 Å². The summed E-state index contributed by atoms with van der Waals surface area (Å²) in [5.74, 6) is -0.101. The van der Waals surface area contributed by atoms with Gasteiger partial charge in [-0.1, -0.05) is 36.4 Å². The Balaban J connectivity index is 0.00000277. The number of likely N-dealkylation sites (N-methyl/N-ethyl adjacent to an activating group) is 1. The van der Waals surface area contributed by atoms with Crippen molar-refractivity contribution in [3.05, 3.63) is 59.7 Å². The van der Waals surface area contributed by atoms with E-state index in [9.17, 15) is 14.7 Å². The SMILES string of the molecule is COC1C(N(C)C(=O)[O-])Cn2c3ccccc3c3c4c(c5c6ccccc6n(c5c32)C1(C)OC)CNC4=O.[Rb+]. The van der Waals surface area contributed by atoms with E-state index in [0.29, 0.717) is 12.1 Å². The Kier molecular flexibility index (Phi) is 6.48. The number of para-hydroxylation sites is 2. The van der Waals surface area contributed by atoms with E-state index in [1.807, 2.05) is 49.4 Å². The molecule has 2 aliphatic rings. The molecular formula is C29H27N4O5Rb. The van der Waals surface area contributed by atoms with Crippen molar-refractivity contribution in [2.45, 2.75) is 37.9 Å². The topological polar surface area (TPSA) is 101 Å². The maximum absolute atomic E-state index is 13.4. The molecule has 1 N–H and O–H groups in total. The molecule has 3 unspecified atom stereocenters. The number of amides is 2. The Hall–Kier alpha value is -2.27. The Morgan fingerprint density at radius 1 is 1.05 bits per heavy atom. The normalized spacial score (nSPS) is 22.2. The minimum Gasteiger partial charge on any atom is -0.530 e. The predicted molar refractivity (Wildman–Crippen MR) is 142 cm³/mol. The molecule has 7 rings (SSSR count). The van der Waals surface area contributed by atoms with E-state index < -0.39 is 24.0 Å². The molecule has 0 spiro atoms. The van der Waals surface area contributed by atoms with E-state index in [4.69, 9.17) is 9.47 Å². The molecule has 2 aliphatic heterocycles. The zero-order valence-corrected chi connectivity index (χ0v) is 27.5. The predicted octanol–water partition coefficient (Wildman–Crippen LogP) is 0.141. The molecule has 10 heteroatoms. The number of carbonyl (C=O) groups excluding carboxylic acids is 2. The number of rotatable bonds is 3. The van der Waals surface area contributed by atoms with Crippen LogP contribution in [0, 0.1) is 0 Å². The van der Waals surface area contributed by atoms with Crippen molar-refractivity contribution in [2.24, 2.45) is 0 Å². The first-order valence-electron chi connectivity index (χ1n) is 12.6. The van der Waals surface area contributed by atoms with E-state index in [1.54, 1.807) is 14.2 Å². The van der Waals surface area contributed by atoms with Crippen LogP contribution in [0.4, 0.5) is 4.79 Å². The summed E-state index contributed by atoms with van der Waals surface area (Å²) in [6.45, 7) is 2.65. The van der Waals surface area contributed by atoms with Crippen LogP contribution in [0.5, 0.6) is 0 Å². The van der Waals surface area contributed by atoms with Gasteiger partial charge in [-0.15, -0.1) is 0 Å². The molecule has 4 heterocycles. The summed E-state index contributed by atoms with van der Waals surface area (Å²) in [4.78, 5) is 26.8. The third kappa shape index (κ3) is 3.37. The molecule has 39 heavy (non-hydrogen) atoms. The standard InChI is InChI=1S/C29H28N4O5.Rb/c1-29(38-4)26(37-3)20(31(2)28(35)36)14-32-18-11-7-5-9-15(18)22-23-17(13-30-27(23)34)21-16-10-6-8-12-19(16)33(29)25(21)24(22)32;/h5-12,20,26H,13-14H2,1-4H3,(H,30,34)(H,35,36);/q;+1/p-1. The Bertz CT molecular complexity index is 1840. The van der Waals surface area contributed by atoms with Gasteiger partial charge in [0.05, 0.1) is 28.2 Å². The fraction of sp³-hybridized carbons (Fsp3) is 0.310. The van der Waals surface area contributed by atoms with E-state index in [0.717, 1.165) is 49.2 Å². The molecule has 3 atom stereocenters. The number of hydrogen-bond acceptors (Lipinski definition) is 5. The van der Waals surface area contributed by atoms with E-state index >= 15 is 0 Å². The van der Waals surface area contributed by atoms with E-state index in [1.165, 1.54) is 11.9 Å². The van der Waals surface area contributed by atoms with Crippen LogP contribution < -0.4 is 68.6 Å². The third-order valence-electron chi connectivity index (χ3n) is 8.72. The van der Waals surface area contributed by atoms with Gasteiger partial charge in [-0.25, -0.2) is 0 Å². The maximum atomic E-state index is 13.4. The zero-order chi connectivity index (χ0) is 26.5. The number of hydrogen-bond donors (Lipinski definition) is 1. The first-order valence-corrected chi connectivity index (χ1v) is 12.6. The quantitative estimate of drug-likeness (QED) is 0.320. The fourth-order valence-corrected chi connectivity index (χ4v) is 6.99. The van der Waals surface area contributed by atoms with Crippen molar-refractivity contribution in [1.29, 1.82) is 0 Å². The summed E-state index contributed by atoms with van der Waals surface area (Å²) in [5.41, 5.74) is 4.18. The van der Waals surface area contributed by atoms with Gasteiger partial charge < -0.3 is 38.7 Å². The van der Waals surface area contributed by atoms with Crippen LogP contribution in [0.15, 0.2) is 48.5 Å². The number of fused-ring (bicyclic) bond motifs is 9. The Labute approximate surface area is 273 Å². The molecule has 2 aromatic heterocycles. The van der Waals surface area contributed by atoms with Crippen molar-refractivity contribution in [1.82, 2.24) is 19.4 Å². The number of nitrogens with zero attached hydrogens (tertiary/aromatic N) is 3. The molecule has 9 nitrogen and oxygen atoms in total. The molecule has 0 aliphatic carbocycles. The number of nitrogens with one attached hydrogen (secondary N) is 1. The second kappa shape index (κ2) is 9.39. The molecule has 5 aromatic rings. The van der Waals surface area contributed by atoms with Crippen LogP contribution in [0.2, 0.25) is 0 Å². The summed E-state index contributed by atoms with van der Waals surface area (Å²) in [7, 11) is 4.71. The van der Waals surface area contributed by atoms with Crippen LogP contribution in [-0.2, 0) is 28.3 Å². The second-order valence-electron chi connectivity index (χ2n) is 10.3. The molecule has 0 radical (unpaired) electrons. The van der Waals surface area contributed by atoms with Gasteiger partial charge in [0.1, 0.15) is 12.2 Å². The largest absolute Gasteiger partial charge is 1.00 e. The number of benzene rings is 3. The van der Waals surface area contributed by atoms with Crippen LogP contribution >= 0.6 is 0 Å². The Morgan fingerprint density at radius 2 is 1.69 bits per heavy atom. The average Bonchev–Trinajstić information content (AvgIpc) is 3.57. The first kappa shape index (κ1) is 26.9. The molecule has 0 fully saturated rings. The van der Waals surface area contributed by atoms with Crippen molar-refractivity contribution < 1.29 is 82.4 Å². The summed E-state index contributed by atoms with van der Waals surface area (Å²) in [6, 6.07) is 15.4. The fourth-order valence-electron chi connectivity index (χ4n) is 6.99. The number of carbonyl (C=O) groups is 2. The molecule has 0 saturated heterocycles. The van der Waals surface area contributed by atoms with Gasteiger partial charge in [0.25, 0.3) is 5.91 Å². The third-order valence-corrected chi connectivity index (χ3v) is 8.72. The minimum absolute atomic E-state index is 0. The van der Waals surface area contributed by atoms with Crippen molar-refractivity contribution in [3.63, 3.8) is 0 Å². The van der Waals surface area contributed by atoms with Crippen LogP contribution in [-0.4, -0.2) is 59.4 Å². The zero-order valence-electron chi connectivity index (χ0n) is 22.6. The molecule has 194 valence electrons. The first-order chi connectivity index (χ1) is 18.3. The van der Waals surface area contributed by atoms with Gasteiger partial charge in [0.15, 0.2) is 5.72 Å². The van der Waals surface area contributed by atoms with Crippen molar-refractivity contribution in [3.8, 4) is 0 Å². The van der Waals surface area contributed by atoms with Crippen molar-refractivity contribution in [2.75, 3.05) is 21.3 Å². The van der Waals surface area contributed by atoms with E-state index in [-0.39, 0.29) is 70.6 Å². The number of carboxylic acid groups (broad SMARTS) is 1. The molecule has 2 amide bonds. The molecule has 3 aromatic carbocycles.